The van der Waals surface area contributed by atoms with E-state index >= 15 is 0 Å². The van der Waals surface area contributed by atoms with Crippen molar-refractivity contribution >= 4 is 28.9 Å². The summed E-state index contributed by atoms with van der Waals surface area (Å²) in [6.07, 6.45) is 7.18. The molecule has 214 valence electrons. The summed E-state index contributed by atoms with van der Waals surface area (Å²) in [5, 5.41) is 20.4. The number of nitrogens with one attached hydrogen (secondary N) is 2. The molecule has 0 radical (unpaired) electrons. The Labute approximate surface area is 243 Å². The topological polar surface area (TPSA) is 123 Å². The molecule has 0 spiro atoms. The number of aryl methyl sites for hydroxylation is 1. The lowest BCUT2D eigenvalue weighted by atomic mass is 9.96. The fraction of sp³-hybridized carbons (Fsp3) is 0.448. The lowest BCUT2D eigenvalue weighted by Crippen LogP contribution is -2.36. The molecule has 1 aromatic carbocycles. The third-order valence-electron chi connectivity index (χ3n) is 7.50. The molecule has 2 N–H and O–H groups in total. The van der Waals surface area contributed by atoms with Crippen molar-refractivity contribution in [2.75, 3.05) is 25.1 Å². The number of hydrogen-bond donors (Lipinski definition) is 2. The number of amides is 1. The van der Waals surface area contributed by atoms with E-state index in [-0.39, 0.29) is 17.4 Å². The molecular weight excluding hydrogens is 538 g/mol. The number of carbonyl (C=O) groups excluding carboxylic acids is 1. The molecule has 41 heavy (non-hydrogen) atoms. The van der Waals surface area contributed by atoms with Gasteiger partial charge in [0.05, 0.1) is 30.2 Å². The molecule has 3 aromatic heterocycles. The van der Waals surface area contributed by atoms with Crippen LogP contribution in [0.3, 0.4) is 0 Å². The minimum atomic E-state index is -0.183. The Hall–Kier alpha value is -3.74. The van der Waals surface area contributed by atoms with Crippen LogP contribution in [-0.4, -0.2) is 66.6 Å². The molecule has 6 rings (SSSR count). The summed E-state index contributed by atoms with van der Waals surface area (Å²) < 4.78 is 7.45. The first-order valence-electron chi connectivity index (χ1n) is 13.9. The molecule has 11 nitrogen and oxygen atoms in total. The van der Waals surface area contributed by atoms with Gasteiger partial charge in [0.1, 0.15) is 5.01 Å². The van der Waals surface area contributed by atoms with E-state index in [0.717, 1.165) is 66.7 Å². The maximum atomic E-state index is 13.3. The first-order chi connectivity index (χ1) is 19.7. The quantitative estimate of drug-likeness (QED) is 0.349. The highest BCUT2D eigenvalue weighted by atomic mass is 32.1. The van der Waals surface area contributed by atoms with Crippen LogP contribution in [0, 0.1) is 0 Å². The lowest BCUT2D eigenvalue weighted by Gasteiger charge is -2.26. The van der Waals surface area contributed by atoms with E-state index in [1.54, 1.807) is 17.1 Å². The van der Waals surface area contributed by atoms with Crippen LogP contribution in [0.15, 0.2) is 42.9 Å². The number of anilines is 2. The van der Waals surface area contributed by atoms with Crippen LogP contribution in [-0.2, 0) is 23.7 Å². The average Bonchev–Trinajstić information content (AvgIpc) is 3.71. The number of carbonyl (C=O) groups is 1. The van der Waals surface area contributed by atoms with Crippen molar-refractivity contribution in [2.24, 2.45) is 7.05 Å². The van der Waals surface area contributed by atoms with Crippen LogP contribution >= 0.6 is 11.3 Å². The standard InChI is InChI=1S/C29H35N9O2S/c1-29(2,3)27-36-35-26(41-27)25(39)33-24-8-11-38(21-9-12-40-17-21)15-19-13-18(5-6-22(19)24)23-7-10-30-28(34-23)32-20-14-31-37(4)16-20/h5-7,10,13-14,16,21,24H,8-9,11-12,15,17H2,1-4H3,(H,33,39)(H,30,32,34)/t21-,24-/m1/s1. The molecule has 2 atom stereocenters. The van der Waals surface area contributed by atoms with Crippen LogP contribution in [0.5, 0.6) is 0 Å². The van der Waals surface area contributed by atoms with Crippen LogP contribution in [0.2, 0.25) is 0 Å². The van der Waals surface area contributed by atoms with E-state index in [9.17, 15) is 4.79 Å². The van der Waals surface area contributed by atoms with Crippen molar-refractivity contribution in [1.82, 2.24) is 40.2 Å². The molecule has 1 fully saturated rings. The van der Waals surface area contributed by atoms with Crippen molar-refractivity contribution in [3.63, 3.8) is 0 Å². The third-order valence-corrected chi connectivity index (χ3v) is 8.85. The molecule has 0 aliphatic carbocycles. The molecule has 2 aliphatic rings. The van der Waals surface area contributed by atoms with E-state index in [0.29, 0.717) is 17.0 Å². The van der Waals surface area contributed by atoms with Crippen molar-refractivity contribution < 1.29 is 9.53 Å². The number of aromatic nitrogens is 6. The van der Waals surface area contributed by atoms with Gasteiger partial charge in [-0.15, -0.1) is 10.2 Å². The smallest absolute Gasteiger partial charge is 0.282 e. The van der Waals surface area contributed by atoms with Gasteiger partial charge in [-0.2, -0.15) is 5.10 Å². The average molecular weight is 574 g/mol. The predicted molar refractivity (Wildman–Crippen MR) is 157 cm³/mol. The normalized spacial score (nSPS) is 19.5. The maximum absolute atomic E-state index is 13.3. The molecule has 0 saturated carbocycles. The van der Waals surface area contributed by atoms with Crippen LogP contribution in [0.4, 0.5) is 11.6 Å². The molecule has 12 heteroatoms. The van der Waals surface area contributed by atoms with Crippen molar-refractivity contribution in [3.05, 3.63) is 64.0 Å². The van der Waals surface area contributed by atoms with Crippen LogP contribution < -0.4 is 10.6 Å². The second-order valence-corrected chi connectivity index (χ2v) is 12.6. The summed E-state index contributed by atoms with van der Waals surface area (Å²) in [6, 6.07) is 8.53. The van der Waals surface area contributed by atoms with Crippen molar-refractivity contribution in [3.8, 4) is 11.3 Å². The number of ether oxygens (including phenoxy) is 1. The first-order valence-corrected chi connectivity index (χ1v) is 14.7. The third kappa shape index (κ3) is 6.14. The number of nitrogens with zero attached hydrogens (tertiary/aromatic N) is 7. The first kappa shape index (κ1) is 27.4. The van der Waals surface area contributed by atoms with Crippen LogP contribution in [0.25, 0.3) is 11.3 Å². The summed E-state index contributed by atoms with van der Waals surface area (Å²) in [4.78, 5) is 25.0. The monoisotopic (exact) mass is 573 g/mol. The van der Waals surface area contributed by atoms with Gasteiger partial charge in [0, 0.05) is 56.2 Å². The van der Waals surface area contributed by atoms with E-state index in [1.807, 2.05) is 19.3 Å². The van der Waals surface area contributed by atoms with Gasteiger partial charge in [0.2, 0.25) is 11.0 Å². The molecule has 1 saturated heterocycles. The number of rotatable bonds is 6. The summed E-state index contributed by atoms with van der Waals surface area (Å²) in [6.45, 7) is 9.39. The predicted octanol–water partition coefficient (Wildman–Crippen LogP) is 4.24. The maximum Gasteiger partial charge on any atom is 0.282 e. The highest BCUT2D eigenvalue weighted by Crippen LogP contribution is 2.33. The van der Waals surface area contributed by atoms with E-state index < -0.39 is 0 Å². The fourth-order valence-corrected chi connectivity index (χ4v) is 6.10. The summed E-state index contributed by atoms with van der Waals surface area (Å²) >= 11 is 1.36. The molecule has 0 bridgehead atoms. The van der Waals surface area contributed by atoms with E-state index in [2.05, 4.69) is 74.8 Å². The van der Waals surface area contributed by atoms with Gasteiger partial charge in [-0.25, -0.2) is 9.97 Å². The Morgan fingerprint density at radius 3 is 2.78 bits per heavy atom. The fourth-order valence-electron chi connectivity index (χ4n) is 5.29. The minimum Gasteiger partial charge on any atom is -0.380 e. The highest BCUT2D eigenvalue weighted by Gasteiger charge is 2.31. The Bertz CT molecular complexity index is 1540. The summed E-state index contributed by atoms with van der Waals surface area (Å²) in [7, 11) is 1.87. The molecule has 5 heterocycles. The van der Waals surface area contributed by atoms with Gasteiger partial charge in [-0.3, -0.25) is 14.4 Å². The second-order valence-electron chi connectivity index (χ2n) is 11.7. The zero-order valence-electron chi connectivity index (χ0n) is 23.8. The zero-order chi connectivity index (χ0) is 28.6. The lowest BCUT2D eigenvalue weighted by molar-refractivity contribution is 0.0928. The van der Waals surface area contributed by atoms with Gasteiger partial charge < -0.3 is 15.4 Å². The number of benzene rings is 1. The Balaban J connectivity index is 1.28. The van der Waals surface area contributed by atoms with Crippen LogP contribution in [0.1, 0.15) is 65.6 Å². The second kappa shape index (κ2) is 11.3. The Morgan fingerprint density at radius 1 is 1.17 bits per heavy atom. The van der Waals surface area contributed by atoms with E-state index in [1.165, 1.54) is 16.9 Å². The molecule has 1 amide bonds. The highest BCUT2D eigenvalue weighted by molar-refractivity contribution is 7.13. The van der Waals surface area contributed by atoms with Crippen molar-refractivity contribution in [2.45, 2.75) is 57.7 Å². The molecule has 4 aromatic rings. The number of hydrogen-bond acceptors (Lipinski definition) is 10. The van der Waals surface area contributed by atoms with Gasteiger partial charge in [0.15, 0.2) is 0 Å². The largest absolute Gasteiger partial charge is 0.380 e. The Kier molecular flexibility index (Phi) is 7.54. The van der Waals surface area contributed by atoms with Crippen molar-refractivity contribution in [1.29, 1.82) is 0 Å². The molecule has 2 aliphatic heterocycles. The van der Waals surface area contributed by atoms with E-state index in [4.69, 9.17) is 9.72 Å². The van der Waals surface area contributed by atoms with Gasteiger partial charge in [-0.05, 0) is 36.1 Å². The number of fused-ring (bicyclic) bond motifs is 1. The van der Waals surface area contributed by atoms with Gasteiger partial charge in [-0.1, -0.05) is 44.2 Å². The Morgan fingerprint density at radius 2 is 2.05 bits per heavy atom. The minimum absolute atomic E-state index is 0.144. The summed E-state index contributed by atoms with van der Waals surface area (Å²) in [5.74, 6) is 0.324. The molecule has 0 unspecified atom stereocenters. The van der Waals surface area contributed by atoms with Gasteiger partial charge >= 0.3 is 0 Å². The summed E-state index contributed by atoms with van der Waals surface area (Å²) in [5.41, 5.74) is 4.77. The zero-order valence-corrected chi connectivity index (χ0v) is 24.6. The van der Waals surface area contributed by atoms with Gasteiger partial charge in [0.25, 0.3) is 5.91 Å². The SMILES string of the molecule is Cn1cc(Nc2nccc(-c3ccc4c(c3)CN([C@@H]3CCOC3)CC[C@H]4NC(=O)c3nnc(C(C)(C)C)s3)n2)cn1. The molecular formula is C29H35N9O2S.